The van der Waals surface area contributed by atoms with E-state index in [-0.39, 0.29) is 0 Å². The van der Waals surface area contributed by atoms with E-state index in [1.54, 1.807) is 0 Å². The number of benzene rings is 11. The van der Waals surface area contributed by atoms with Gasteiger partial charge in [0.1, 0.15) is 0 Å². The molecule has 0 unspecified atom stereocenters. The third kappa shape index (κ3) is 5.60. The van der Waals surface area contributed by atoms with E-state index in [1.165, 1.54) is 81.1 Å². The second-order valence-corrected chi connectivity index (χ2v) is 17.4. The molecule has 0 atom stereocenters. The Hall–Kier alpha value is -8.79. The zero-order valence-corrected chi connectivity index (χ0v) is 35.7. The Bertz CT molecular complexity index is 4310. The number of hydrogen-bond donors (Lipinski definition) is 0. The number of nitrogens with zero attached hydrogens (tertiary/aromatic N) is 3. The third-order valence-electron chi connectivity index (χ3n) is 13.8. The lowest BCUT2D eigenvalue weighted by atomic mass is 9.89. The van der Waals surface area contributed by atoms with Crippen LogP contribution in [0.15, 0.2) is 224 Å². The van der Waals surface area contributed by atoms with Crippen LogP contribution >= 0.6 is 0 Å². The monoisotopic (exact) mass is 835 g/mol. The molecule has 0 aliphatic rings. The van der Waals surface area contributed by atoms with Gasteiger partial charge >= 0.3 is 0 Å². The quantitative estimate of drug-likeness (QED) is 0.166. The van der Waals surface area contributed by atoms with Gasteiger partial charge in [0.2, 0.25) is 0 Å². The maximum Gasteiger partial charge on any atom is 0.0972 e. The van der Waals surface area contributed by atoms with Crippen LogP contribution in [0, 0.1) is 0 Å². The summed E-state index contributed by atoms with van der Waals surface area (Å²) in [6, 6.07) is 81.0. The van der Waals surface area contributed by atoms with Crippen LogP contribution in [-0.2, 0) is 0 Å². The lowest BCUT2D eigenvalue weighted by Crippen LogP contribution is -1.93. The molecular formula is C63H37N3. The Kier molecular flexibility index (Phi) is 7.98. The van der Waals surface area contributed by atoms with Crippen molar-refractivity contribution in [1.82, 2.24) is 15.0 Å². The molecule has 3 nitrogen and oxygen atoms in total. The van der Waals surface area contributed by atoms with Crippen LogP contribution in [0.4, 0.5) is 0 Å². The maximum atomic E-state index is 5.39. The highest BCUT2D eigenvalue weighted by Gasteiger charge is 2.18. The molecule has 0 fully saturated rings. The predicted octanol–water partition coefficient (Wildman–Crippen LogP) is 16.9. The molecule has 66 heavy (non-hydrogen) atoms. The van der Waals surface area contributed by atoms with Crippen molar-refractivity contribution in [3.63, 3.8) is 0 Å². The van der Waals surface area contributed by atoms with Crippen LogP contribution in [-0.4, -0.2) is 15.0 Å². The van der Waals surface area contributed by atoms with Crippen LogP contribution < -0.4 is 0 Å². The lowest BCUT2D eigenvalue weighted by Gasteiger charge is -2.16. The average Bonchev–Trinajstić information content (AvgIpc) is 3.40. The molecular weight excluding hydrogens is 799 g/mol. The minimum atomic E-state index is 0.913. The molecule has 0 N–H and O–H groups in total. The molecule has 14 aromatic rings. The van der Waals surface area contributed by atoms with Gasteiger partial charge in [-0.3, -0.25) is 0 Å². The number of pyridine rings is 3. The molecule has 0 radical (unpaired) electrons. The first kappa shape index (κ1) is 36.7. The van der Waals surface area contributed by atoms with Gasteiger partial charge in [0, 0.05) is 43.6 Å². The predicted molar refractivity (Wildman–Crippen MR) is 279 cm³/mol. The Labute approximate surface area is 379 Å². The number of hydrogen-bond acceptors (Lipinski definition) is 3. The van der Waals surface area contributed by atoms with Crippen LogP contribution in [0.25, 0.3) is 142 Å². The molecule has 14 rings (SSSR count). The minimum Gasteiger partial charge on any atom is -0.247 e. The summed E-state index contributed by atoms with van der Waals surface area (Å²) in [7, 11) is 0. The van der Waals surface area contributed by atoms with Crippen LogP contribution in [0.1, 0.15) is 0 Å². The van der Waals surface area contributed by atoms with Crippen LogP contribution in [0.3, 0.4) is 0 Å². The Morgan fingerprint density at radius 3 is 1.27 bits per heavy atom. The summed E-state index contributed by atoms with van der Waals surface area (Å²) in [6.07, 6.45) is 0. The highest BCUT2D eigenvalue weighted by Crippen LogP contribution is 2.44. The SMILES string of the molecule is c1ccc(-c2ccc3ccc4ccc(-c5ccc6c7ccc(-c8ccc(-c9nc%10ccccc%10c%10c%11ccccc%11c%11ccccc%11c9%10)cc8)cc7c7ccccc7c6c5)nc4c3n2)cc1. The van der Waals surface area contributed by atoms with Crippen molar-refractivity contribution in [3.05, 3.63) is 224 Å². The first-order chi connectivity index (χ1) is 32.7. The topological polar surface area (TPSA) is 38.7 Å². The van der Waals surface area contributed by atoms with E-state index in [9.17, 15) is 0 Å². The van der Waals surface area contributed by atoms with Gasteiger partial charge in [-0.1, -0.05) is 194 Å². The summed E-state index contributed by atoms with van der Waals surface area (Å²) in [5.74, 6) is 0. The molecule has 3 aromatic heterocycles. The van der Waals surface area contributed by atoms with Crippen LogP contribution in [0.5, 0.6) is 0 Å². The summed E-state index contributed by atoms with van der Waals surface area (Å²) in [5, 5.41) is 18.1. The standard InChI is InChI=1S/C63H37N3/c1-2-12-39(13-3-1)56-34-30-41-26-27-42-31-35-57(65-63(42)62(41)64-56)44-29-33-50-49-32-28-43(36-54(49)47-16-4-5-17-48(47)55(50)37-44)38-22-24-40(25-23-38)61-60-52-19-9-7-15-46(52)45-14-6-8-18-51(45)59(60)53-20-10-11-21-58(53)66-61/h1-37H. The third-order valence-corrected chi connectivity index (χ3v) is 13.8. The Balaban J connectivity index is 0.884. The van der Waals surface area contributed by atoms with Crippen molar-refractivity contribution in [1.29, 1.82) is 0 Å². The maximum absolute atomic E-state index is 5.39. The molecule has 3 heteroatoms. The van der Waals surface area contributed by atoms with E-state index in [0.29, 0.717) is 0 Å². The van der Waals surface area contributed by atoms with Crippen LogP contribution in [0.2, 0.25) is 0 Å². The van der Waals surface area contributed by atoms with Gasteiger partial charge in [-0.25, -0.2) is 15.0 Å². The fraction of sp³-hybridized carbons (Fsp3) is 0. The van der Waals surface area contributed by atoms with Gasteiger partial charge in [-0.2, -0.15) is 0 Å². The van der Waals surface area contributed by atoms with Crippen molar-refractivity contribution < 1.29 is 0 Å². The molecule has 0 saturated heterocycles. The number of fused-ring (bicyclic) bond motifs is 17. The molecule has 0 aliphatic carbocycles. The van der Waals surface area contributed by atoms with E-state index in [0.717, 1.165) is 61.1 Å². The summed E-state index contributed by atoms with van der Waals surface area (Å²) in [4.78, 5) is 15.9. The number of para-hydroxylation sites is 1. The van der Waals surface area contributed by atoms with Crippen molar-refractivity contribution in [2.24, 2.45) is 0 Å². The molecule has 0 amide bonds. The van der Waals surface area contributed by atoms with Crippen molar-refractivity contribution in [2.75, 3.05) is 0 Å². The Morgan fingerprint density at radius 2 is 0.652 bits per heavy atom. The summed E-state index contributed by atoms with van der Waals surface area (Å²) in [6.45, 7) is 0. The average molecular weight is 836 g/mol. The fourth-order valence-corrected chi connectivity index (χ4v) is 10.6. The zero-order chi connectivity index (χ0) is 43.3. The molecule has 304 valence electrons. The van der Waals surface area contributed by atoms with Crippen molar-refractivity contribution in [2.45, 2.75) is 0 Å². The van der Waals surface area contributed by atoms with E-state index in [1.807, 2.05) is 6.07 Å². The first-order valence-corrected chi connectivity index (χ1v) is 22.6. The smallest absolute Gasteiger partial charge is 0.0972 e. The molecule has 0 aliphatic heterocycles. The molecule has 11 aromatic carbocycles. The van der Waals surface area contributed by atoms with Gasteiger partial charge in [-0.15, -0.1) is 0 Å². The van der Waals surface area contributed by atoms with E-state index in [2.05, 4.69) is 218 Å². The largest absolute Gasteiger partial charge is 0.247 e. The Morgan fingerprint density at radius 1 is 0.227 bits per heavy atom. The normalized spacial score (nSPS) is 11.9. The summed E-state index contributed by atoms with van der Waals surface area (Å²) >= 11 is 0. The van der Waals surface area contributed by atoms with Crippen molar-refractivity contribution >= 4 is 97.3 Å². The van der Waals surface area contributed by atoms with E-state index < -0.39 is 0 Å². The van der Waals surface area contributed by atoms with Gasteiger partial charge in [0.25, 0.3) is 0 Å². The molecule has 3 heterocycles. The lowest BCUT2D eigenvalue weighted by molar-refractivity contribution is 1.37. The van der Waals surface area contributed by atoms with Gasteiger partial charge < -0.3 is 0 Å². The van der Waals surface area contributed by atoms with Crippen molar-refractivity contribution in [3.8, 4) is 44.9 Å². The first-order valence-electron chi connectivity index (χ1n) is 22.6. The molecule has 0 bridgehead atoms. The molecule has 0 spiro atoms. The number of rotatable bonds is 4. The summed E-state index contributed by atoms with van der Waals surface area (Å²) in [5.41, 5.74) is 11.3. The zero-order valence-electron chi connectivity index (χ0n) is 35.7. The molecule has 0 saturated carbocycles. The second-order valence-electron chi connectivity index (χ2n) is 17.4. The summed E-state index contributed by atoms with van der Waals surface area (Å²) < 4.78 is 0. The fourth-order valence-electron chi connectivity index (χ4n) is 10.6. The highest BCUT2D eigenvalue weighted by atomic mass is 14.8. The van der Waals surface area contributed by atoms with Gasteiger partial charge in [0.05, 0.1) is 33.6 Å². The number of aromatic nitrogens is 3. The minimum absolute atomic E-state index is 0.913. The van der Waals surface area contributed by atoms with Gasteiger partial charge in [0.15, 0.2) is 0 Å². The van der Waals surface area contributed by atoms with Gasteiger partial charge in [-0.05, 0) is 95.3 Å². The van der Waals surface area contributed by atoms with E-state index >= 15 is 0 Å². The highest BCUT2D eigenvalue weighted by molar-refractivity contribution is 6.33. The second kappa shape index (κ2) is 14.4. The van der Waals surface area contributed by atoms with E-state index in [4.69, 9.17) is 15.0 Å².